The van der Waals surface area contributed by atoms with Gasteiger partial charge in [-0.15, -0.1) is 0 Å². The summed E-state index contributed by atoms with van der Waals surface area (Å²) in [5.41, 5.74) is 0.481. The highest BCUT2D eigenvalue weighted by Gasteiger charge is 2.17. The Morgan fingerprint density at radius 1 is 0.769 bits per heavy atom. The second kappa shape index (κ2) is 8.75. The van der Waals surface area contributed by atoms with E-state index in [9.17, 15) is 9.59 Å². The Balaban J connectivity index is 2.13. The third kappa shape index (κ3) is 4.44. The topological polar surface area (TPSA) is 80.3 Å². The molecule has 0 fully saturated rings. The number of ether oxygens (including phenoxy) is 5. The molecule has 2 rings (SSSR count). The average molecular weight is 360 g/mol. The van der Waals surface area contributed by atoms with Gasteiger partial charge in [-0.1, -0.05) is 0 Å². The van der Waals surface area contributed by atoms with Crippen LogP contribution in [0.25, 0.3) is 0 Å². The number of hydrogen-bond acceptors (Lipinski definition) is 7. The van der Waals surface area contributed by atoms with E-state index in [2.05, 4.69) is 0 Å². The molecule has 0 N–H and O–H groups in total. The molecule has 7 nitrogen and oxygen atoms in total. The lowest BCUT2D eigenvalue weighted by Gasteiger charge is -2.11. The van der Waals surface area contributed by atoms with Crippen molar-refractivity contribution in [1.29, 1.82) is 0 Å². The maximum Gasteiger partial charge on any atom is 0.338 e. The van der Waals surface area contributed by atoms with Gasteiger partial charge in [0.05, 0.1) is 39.6 Å². The highest BCUT2D eigenvalue weighted by Crippen LogP contribution is 2.25. The van der Waals surface area contributed by atoms with Crippen molar-refractivity contribution < 1.29 is 33.3 Å². The summed E-state index contributed by atoms with van der Waals surface area (Å²) in [4.78, 5) is 24.7. The van der Waals surface area contributed by atoms with Crippen LogP contribution in [-0.2, 0) is 4.74 Å². The Morgan fingerprint density at radius 2 is 1.38 bits per heavy atom. The molecule has 0 aliphatic rings. The second-order valence-corrected chi connectivity index (χ2v) is 5.17. The number of ketones is 1. The summed E-state index contributed by atoms with van der Waals surface area (Å²) < 4.78 is 25.6. The number of rotatable bonds is 8. The Labute approximate surface area is 151 Å². The number of methoxy groups -OCH3 is 4. The van der Waals surface area contributed by atoms with E-state index in [1.807, 2.05) is 0 Å². The Hall–Kier alpha value is -3.22. The molecule has 26 heavy (non-hydrogen) atoms. The SMILES string of the molecule is COc1cc(OC)cc(C(=O)OCC(=O)c2cc(OC)ccc2OC)c1. The van der Waals surface area contributed by atoms with Crippen molar-refractivity contribution in [3.05, 3.63) is 47.5 Å². The van der Waals surface area contributed by atoms with E-state index in [1.54, 1.807) is 18.2 Å². The van der Waals surface area contributed by atoms with Crippen LogP contribution in [0.2, 0.25) is 0 Å². The maximum atomic E-state index is 12.4. The van der Waals surface area contributed by atoms with Crippen molar-refractivity contribution in [1.82, 2.24) is 0 Å². The molecule has 2 aromatic carbocycles. The molecule has 0 saturated heterocycles. The van der Waals surface area contributed by atoms with Crippen molar-refractivity contribution in [2.45, 2.75) is 0 Å². The number of esters is 1. The van der Waals surface area contributed by atoms with Crippen LogP contribution in [0.5, 0.6) is 23.0 Å². The van der Waals surface area contributed by atoms with Crippen molar-refractivity contribution in [2.24, 2.45) is 0 Å². The molecule has 0 aliphatic heterocycles. The van der Waals surface area contributed by atoms with Crippen LogP contribution in [0.3, 0.4) is 0 Å². The smallest absolute Gasteiger partial charge is 0.338 e. The van der Waals surface area contributed by atoms with Crippen LogP contribution in [0.1, 0.15) is 20.7 Å². The normalized spacial score (nSPS) is 10.0. The standard InChI is InChI=1S/C19H20O7/c1-22-13-5-6-18(25-4)16(10-13)17(20)11-26-19(21)12-7-14(23-2)9-15(8-12)24-3/h5-10H,11H2,1-4H3. The van der Waals surface area contributed by atoms with Gasteiger partial charge in [0.15, 0.2) is 6.61 Å². The third-order valence-electron chi connectivity index (χ3n) is 3.63. The molecule has 0 unspecified atom stereocenters. The zero-order valence-corrected chi connectivity index (χ0v) is 15.0. The van der Waals surface area contributed by atoms with Crippen molar-refractivity contribution in [2.75, 3.05) is 35.0 Å². The molecule has 0 radical (unpaired) electrons. The number of Topliss-reactive ketones (excluding diaryl/α,β-unsaturated/α-hetero) is 1. The molecule has 0 saturated carbocycles. The van der Waals surface area contributed by atoms with Crippen LogP contribution in [-0.4, -0.2) is 46.8 Å². The third-order valence-corrected chi connectivity index (χ3v) is 3.63. The summed E-state index contributed by atoms with van der Waals surface area (Å²) in [6.07, 6.45) is 0. The molecule has 0 aliphatic carbocycles. The molecule has 7 heteroatoms. The van der Waals surface area contributed by atoms with E-state index in [0.717, 1.165) is 0 Å². The quantitative estimate of drug-likeness (QED) is 0.529. The molecule has 0 aromatic heterocycles. The molecule has 0 amide bonds. The molecular weight excluding hydrogens is 340 g/mol. The predicted molar refractivity (Wildman–Crippen MR) is 93.7 cm³/mol. The summed E-state index contributed by atoms with van der Waals surface area (Å²) in [6.45, 7) is -0.443. The molecule has 0 spiro atoms. The van der Waals surface area contributed by atoms with Gasteiger partial charge < -0.3 is 23.7 Å². The molecule has 0 heterocycles. The summed E-state index contributed by atoms with van der Waals surface area (Å²) in [5.74, 6) is 0.670. The van der Waals surface area contributed by atoms with Crippen LogP contribution in [0, 0.1) is 0 Å². The summed E-state index contributed by atoms with van der Waals surface area (Å²) >= 11 is 0. The first kappa shape index (κ1) is 19.1. The van der Waals surface area contributed by atoms with Gasteiger partial charge in [0, 0.05) is 6.07 Å². The lowest BCUT2D eigenvalue weighted by molar-refractivity contribution is 0.0473. The first-order chi connectivity index (χ1) is 12.5. The molecular formula is C19H20O7. The Bertz CT molecular complexity index is 776. The zero-order valence-electron chi connectivity index (χ0n) is 15.0. The fourth-order valence-corrected chi connectivity index (χ4v) is 2.25. The molecule has 2 aromatic rings. The van der Waals surface area contributed by atoms with E-state index < -0.39 is 18.4 Å². The van der Waals surface area contributed by atoms with Gasteiger partial charge in [-0.2, -0.15) is 0 Å². The lowest BCUT2D eigenvalue weighted by atomic mass is 10.1. The Morgan fingerprint density at radius 3 is 1.92 bits per heavy atom. The molecule has 138 valence electrons. The average Bonchev–Trinajstić information content (AvgIpc) is 2.70. The van der Waals surface area contributed by atoms with Crippen molar-refractivity contribution >= 4 is 11.8 Å². The molecule has 0 bridgehead atoms. The van der Waals surface area contributed by atoms with Gasteiger partial charge in [0.1, 0.15) is 23.0 Å². The highest BCUT2D eigenvalue weighted by atomic mass is 16.5. The van der Waals surface area contributed by atoms with Gasteiger partial charge in [-0.3, -0.25) is 4.79 Å². The van der Waals surface area contributed by atoms with Gasteiger partial charge in [0.2, 0.25) is 5.78 Å². The van der Waals surface area contributed by atoms with E-state index in [1.165, 1.54) is 46.6 Å². The van der Waals surface area contributed by atoms with Crippen molar-refractivity contribution in [3.63, 3.8) is 0 Å². The lowest BCUT2D eigenvalue weighted by Crippen LogP contribution is -2.15. The molecule has 0 atom stereocenters. The van der Waals surface area contributed by atoms with E-state index in [4.69, 9.17) is 23.7 Å². The van der Waals surface area contributed by atoms with Gasteiger partial charge in [0.25, 0.3) is 0 Å². The van der Waals surface area contributed by atoms with Crippen LogP contribution >= 0.6 is 0 Å². The summed E-state index contributed by atoms with van der Waals surface area (Å²) in [7, 11) is 5.89. The van der Waals surface area contributed by atoms with Gasteiger partial charge in [-0.05, 0) is 30.3 Å². The largest absolute Gasteiger partial charge is 0.497 e. The first-order valence-electron chi connectivity index (χ1n) is 7.67. The van der Waals surface area contributed by atoms with Gasteiger partial charge >= 0.3 is 5.97 Å². The minimum Gasteiger partial charge on any atom is -0.497 e. The van der Waals surface area contributed by atoms with Crippen LogP contribution in [0.4, 0.5) is 0 Å². The minimum atomic E-state index is -0.669. The predicted octanol–water partition coefficient (Wildman–Crippen LogP) is 2.76. The fraction of sp³-hybridized carbons (Fsp3) is 0.263. The van der Waals surface area contributed by atoms with Crippen molar-refractivity contribution in [3.8, 4) is 23.0 Å². The zero-order chi connectivity index (χ0) is 19.1. The number of carbonyl (C=O) groups is 2. The van der Waals surface area contributed by atoms with Crippen LogP contribution < -0.4 is 18.9 Å². The Kier molecular flexibility index (Phi) is 6.43. The number of hydrogen-bond donors (Lipinski definition) is 0. The number of benzene rings is 2. The highest BCUT2D eigenvalue weighted by molar-refractivity contribution is 6.01. The van der Waals surface area contributed by atoms with E-state index >= 15 is 0 Å². The first-order valence-corrected chi connectivity index (χ1v) is 7.67. The van der Waals surface area contributed by atoms with E-state index in [-0.39, 0.29) is 11.1 Å². The van der Waals surface area contributed by atoms with E-state index in [0.29, 0.717) is 23.0 Å². The van der Waals surface area contributed by atoms with Crippen LogP contribution in [0.15, 0.2) is 36.4 Å². The van der Waals surface area contributed by atoms with Gasteiger partial charge in [-0.25, -0.2) is 4.79 Å². The maximum absolute atomic E-state index is 12.4. The summed E-state index contributed by atoms with van der Waals surface area (Å²) in [6, 6.07) is 9.44. The second-order valence-electron chi connectivity index (χ2n) is 5.17. The fourth-order valence-electron chi connectivity index (χ4n) is 2.25. The summed E-state index contributed by atoms with van der Waals surface area (Å²) in [5, 5.41) is 0. The number of carbonyl (C=O) groups excluding carboxylic acids is 2. The minimum absolute atomic E-state index is 0.214. The monoisotopic (exact) mass is 360 g/mol.